The molecule has 5 rings (SSSR count). The molecule has 0 spiro atoms. The van der Waals surface area contributed by atoms with E-state index in [1.807, 2.05) is 48.0 Å². The zero-order chi connectivity index (χ0) is 24.7. The smallest absolute Gasteiger partial charge is 0.334 e. The molecule has 1 amide bonds. The van der Waals surface area contributed by atoms with Gasteiger partial charge < -0.3 is 9.47 Å². The standard InChI is InChI=1S/C26H24F3N5O/c1-17-30-9-11-33(17)15-19-12-21(23-16-32(2)31-24(23)26(27,28)29)20-8-10-34(25(35)22(20)13-19)14-18-6-4-3-5-7-18/h3-7,9,11-13,16H,8,10,14-15H2,1-2H3. The number of rotatable bonds is 5. The van der Waals surface area contributed by atoms with Crippen molar-refractivity contribution in [2.75, 3.05) is 6.54 Å². The Bertz CT molecular complexity index is 1390. The average molecular weight is 480 g/mol. The van der Waals surface area contributed by atoms with E-state index < -0.39 is 11.9 Å². The highest BCUT2D eigenvalue weighted by Gasteiger charge is 2.39. The van der Waals surface area contributed by atoms with Crippen molar-refractivity contribution in [1.29, 1.82) is 0 Å². The maximum absolute atomic E-state index is 13.9. The van der Waals surface area contributed by atoms with E-state index in [1.54, 1.807) is 23.2 Å². The van der Waals surface area contributed by atoms with Crippen LogP contribution < -0.4 is 0 Å². The predicted octanol–water partition coefficient (Wildman–Crippen LogP) is 4.86. The Kier molecular flexibility index (Phi) is 5.70. The molecule has 0 fully saturated rings. The number of aryl methyl sites for hydroxylation is 2. The van der Waals surface area contributed by atoms with Gasteiger partial charge in [-0.25, -0.2) is 4.98 Å². The zero-order valence-corrected chi connectivity index (χ0v) is 19.4. The highest BCUT2D eigenvalue weighted by molar-refractivity contribution is 5.99. The number of alkyl halides is 3. The van der Waals surface area contributed by atoms with Crippen LogP contribution in [0.25, 0.3) is 11.1 Å². The third-order valence-electron chi connectivity index (χ3n) is 6.34. The molecular weight excluding hydrogens is 455 g/mol. The summed E-state index contributed by atoms with van der Waals surface area (Å²) in [6.07, 6.45) is 0.706. The summed E-state index contributed by atoms with van der Waals surface area (Å²) in [5.74, 6) is 0.594. The van der Waals surface area contributed by atoms with Crippen LogP contribution in [0, 0.1) is 6.92 Å². The molecular formula is C26H24F3N5O. The SMILES string of the molecule is Cc1nccn1Cc1cc2c(c(-c3cn(C)nc3C(F)(F)F)c1)CCN(Cc1ccccc1)C2=O. The Labute approximate surface area is 200 Å². The molecule has 0 unspecified atom stereocenters. The molecule has 0 saturated carbocycles. The fraction of sp³-hybridized carbons (Fsp3) is 0.269. The van der Waals surface area contributed by atoms with Crippen LogP contribution in [0.15, 0.2) is 61.1 Å². The zero-order valence-electron chi connectivity index (χ0n) is 19.4. The number of imidazole rings is 1. The summed E-state index contributed by atoms with van der Waals surface area (Å²) >= 11 is 0. The molecule has 0 bridgehead atoms. The summed E-state index contributed by atoms with van der Waals surface area (Å²) in [7, 11) is 1.47. The molecule has 6 nitrogen and oxygen atoms in total. The molecule has 0 atom stereocenters. The van der Waals surface area contributed by atoms with Gasteiger partial charge in [0.2, 0.25) is 0 Å². The normalized spacial score (nSPS) is 13.9. The van der Waals surface area contributed by atoms with Crippen LogP contribution in [-0.2, 0) is 32.7 Å². The van der Waals surface area contributed by atoms with Crippen molar-refractivity contribution in [3.63, 3.8) is 0 Å². The molecule has 9 heteroatoms. The molecule has 2 aromatic carbocycles. The van der Waals surface area contributed by atoms with Gasteiger partial charge in [0.05, 0.1) is 0 Å². The van der Waals surface area contributed by atoms with Crippen molar-refractivity contribution < 1.29 is 18.0 Å². The molecule has 180 valence electrons. The molecule has 0 saturated heterocycles. The largest absolute Gasteiger partial charge is 0.435 e. The lowest BCUT2D eigenvalue weighted by molar-refractivity contribution is -0.140. The van der Waals surface area contributed by atoms with Crippen LogP contribution in [0.4, 0.5) is 13.2 Å². The lowest BCUT2D eigenvalue weighted by Crippen LogP contribution is -2.37. The van der Waals surface area contributed by atoms with E-state index in [1.165, 1.54) is 17.9 Å². The van der Waals surface area contributed by atoms with E-state index in [0.717, 1.165) is 17.0 Å². The molecule has 1 aliphatic rings. The van der Waals surface area contributed by atoms with Gasteiger partial charge in [0.15, 0.2) is 5.69 Å². The fourth-order valence-corrected chi connectivity index (χ4v) is 4.66. The lowest BCUT2D eigenvalue weighted by atomic mass is 9.88. The third-order valence-corrected chi connectivity index (χ3v) is 6.34. The second kappa shape index (κ2) is 8.72. The second-order valence-electron chi connectivity index (χ2n) is 8.80. The van der Waals surface area contributed by atoms with Gasteiger partial charge in [-0.3, -0.25) is 9.48 Å². The minimum Gasteiger partial charge on any atom is -0.334 e. The Morgan fingerprint density at radius 2 is 1.74 bits per heavy atom. The molecule has 0 radical (unpaired) electrons. The summed E-state index contributed by atoms with van der Waals surface area (Å²) < 4.78 is 44.6. The fourth-order valence-electron chi connectivity index (χ4n) is 4.66. The second-order valence-corrected chi connectivity index (χ2v) is 8.80. The summed E-state index contributed by atoms with van der Waals surface area (Å²) in [4.78, 5) is 19.6. The van der Waals surface area contributed by atoms with E-state index >= 15 is 0 Å². The van der Waals surface area contributed by atoms with Gasteiger partial charge in [-0.05, 0) is 47.7 Å². The third kappa shape index (κ3) is 4.45. The Balaban J connectivity index is 1.62. The summed E-state index contributed by atoms with van der Waals surface area (Å²) in [6, 6.07) is 13.2. The maximum atomic E-state index is 13.9. The maximum Gasteiger partial charge on any atom is 0.435 e. The number of benzene rings is 2. The predicted molar refractivity (Wildman–Crippen MR) is 125 cm³/mol. The Hall–Kier alpha value is -3.88. The van der Waals surface area contributed by atoms with Crippen molar-refractivity contribution in [2.45, 2.75) is 32.6 Å². The van der Waals surface area contributed by atoms with E-state index in [0.29, 0.717) is 42.7 Å². The van der Waals surface area contributed by atoms with Crippen LogP contribution in [0.3, 0.4) is 0 Å². The highest BCUT2D eigenvalue weighted by atomic mass is 19.4. The minimum atomic E-state index is -4.61. The summed E-state index contributed by atoms with van der Waals surface area (Å²) in [5, 5.41) is 3.70. The number of halogens is 3. The minimum absolute atomic E-state index is 0.00948. The van der Waals surface area contributed by atoms with E-state index in [-0.39, 0.29) is 11.5 Å². The van der Waals surface area contributed by atoms with E-state index in [2.05, 4.69) is 10.1 Å². The number of amides is 1. The molecule has 3 heterocycles. The highest BCUT2D eigenvalue weighted by Crippen LogP contribution is 2.40. The van der Waals surface area contributed by atoms with Crippen molar-refractivity contribution in [3.05, 3.63) is 94.8 Å². The van der Waals surface area contributed by atoms with Crippen molar-refractivity contribution in [2.24, 2.45) is 7.05 Å². The van der Waals surface area contributed by atoms with Crippen molar-refractivity contribution >= 4 is 5.91 Å². The Morgan fingerprint density at radius 3 is 2.43 bits per heavy atom. The molecule has 0 N–H and O–H groups in total. The molecule has 4 aromatic rings. The first-order chi connectivity index (χ1) is 16.7. The molecule has 35 heavy (non-hydrogen) atoms. The van der Waals surface area contributed by atoms with Gasteiger partial charge >= 0.3 is 6.18 Å². The monoisotopic (exact) mass is 479 g/mol. The number of aromatic nitrogens is 4. The van der Waals surface area contributed by atoms with Crippen LogP contribution >= 0.6 is 0 Å². The van der Waals surface area contributed by atoms with Crippen molar-refractivity contribution in [3.8, 4) is 11.1 Å². The number of nitrogens with zero attached hydrogens (tertiary/aromatic N) is 5. The van der Waals surface area contributed by atoms with Gasteiger partial charge in [0.25, 0.3) is 5.91 Å². The molecule has 2 aromatic heterocycles. The quantitative estimate of drug-likeness (QED) is 0.411. The summed E-state index contributed by atoms with van der Waals surface area (Å²) in [6.45, 7) is 3.12. The number of fused-ring (bicyclic) bond motifs is 1. The van der Waals surface area contributed by atoms with Crippen LogP contribution in [0.5, 0.6) is 0 Å². The van der Waals surface area contributed by atoms with Crippen molar-refractivity contribution in [1.82, 2.24) is 24.2 Å². The van der Waals surface area contributed by atoms with Gasteiger partial charge in [0.1, 0.15) is 5.82 Å². The molecule has 1 aliphatic heterocycles. The van der Waals surface area contributed by atoms with E-state index in [4.69, 9.17) is 0 Å². The van der Waals surface area contributed by atoms with Crippen LogP contribution in [0.1, 0.15) is 38.6 Å². The van der Waals surface area contributed by atoms with Crippen LogP contribution in [0.2, 0.25) is 0 Å². The topological polar surface area (TPSA) is 56.0 Å². The van der Waals surface area contributed by atoms with Gasteiger partial charge in [-0.2, -0.15) is 18.3 Å². The lowest BCUT2D eigenvalue weighted by Gasteiger charge is -2.30. The first-order valence-electron chi connectivity index (χ1n) is 11.3. The summed E-state index contributed by atoms with van der Waals surface area (Å²) in [5.41, 5.74) is 2.25. The number of carbonyl (C=O) groups is 1. The van der Waals surface area contributed by atoms with Crippen LogP contribution in [-0.4, -0.2) is 36.7 Å². The van der Waals surface area contributed by atoms with Gasteiger partial charge in [-0.1, -0.05) is 30.3 Å². The number of hydrogen-bond donors (Lipinski definition) is 0. The Morgan fingerprint density at radius 1 is 1.00 bits per heavy atom. The van der Waals surface area contributed by atoms with E-state index in [9.17, 15) is 18.0 Å². The number of hydrogen-bond acceptors (Lipinski definition) is 3. The number of carbonyl (C=O) groups excluding carboxylic acids is 1. The average Bonchev–Trinajstić information content (AvgIpc) is 3.41. The van der Waals surface area contributed by atoms with Gasteiger partial charge in [0, 0.05) is 56.4 Å². The first kappa shape index (κ1) is 22.9. The first-order valence-corrected chi connectivity index (χ1v) is 11.3. The van der Waals surface area contributed by atoms with Gasteiger partial charge in [-0.15, -0.1) is 0 Å². The molecule has 0 aliphatic carbocycles.